The van der Waals surface area contributed by atoms with E-state index in [4.69, 9.17) is 0 Å². The molecule has 3 heterocycles. The smallest absolute Gasteiger partial charge is 0.285 e. The van der Waals surface area contributed by atoms with E-state index in [1.807, 2.05) is 30.0 Å². The molecule has 0 radical (unpaired) electrons. The van der Waals surface area contributed by atoms with E-state index in [-0.39, 0.29) is 16.7 Å². The molecule has 0 aliphatic carbocycles. The Bertz CT molecular complexity index is 1300. The number of hydrogen-bond donors (Lipinski definition) is 1. The van der Waals surface area contributed by atoms with Crippen molar-refractivity contribution in [1.29, 1.82) is 0 Å². The standard InChI is InChI=1S/C21H20N4O3S2/c1-13-22-17-9-8-15(11-18(17)29-13)23-21(26)14-5-4-10-25(12-14)20-16-6-2-3-7-19(16)30(27,28)24-20/h2-3,6-9,11,14H,4-5,10,12H2,1H3,(H,23,26)/t14-/m0/s1. The molecule has 30 heavy (non-hydrogen) atoms. The number of piperidine rings is 1. The summed E-state index contributed by atoms with van der Waals surface area (Å²) in [7, 11) is -3.67. The first-order valence-corrected chi connectivity index (χ1v) is 12.0. The van der Waals surface area contributed by atoms with Crippen LogP contribution in [0.5, 0.6) is 0 Å². The summed E-state index contributed by atoms with van der Waals surface area (Å²) in [5.41, 5.74) is 2.29. The Morgan fingerprint density at radius 3 is 2.93 bits per heavy atom. The second-order valence-electron chi connectivity index (χ2n) is 7.58. The monoisotopic (exact) mass is 440 g/mol. The number of carbonyl (C=O) groups excluding carboxylic acids is 1. The van der Waals surface area contributed by atoms with Crippen LogP contribution in [-0.2, 0) is 14.8 Å². The summed E-state index contributed by atoms with van der Waals surface area (Å²) in [5.74, 6) is 0.149. The normalized spacial score (nSPS) is 20.1. The van der Waals surface area contributed by atoms with E-state index < -0.39 is 10.0 Å². The van der Waals surface area contributed by atoms with Crippen molar-refractivity contribution in [3.05, 3.63) is 53.0 Å². The van der Waals surface area contributed by atoms with Crippen molar-refractivity contribution in [3.8, 4) is 0 Å². The number of rotatable bonds is 2. The van der Waals surface area contributed by atoms with Crippen molar-refractivity contribution in [2.75, 3.05) is 18.4 Å². The number of amides is 1. The molecule has 3 aromatic rings. The van der Waals surface area contributed by atoms with Crippen LogP contribution in [0.15, 0.2) is 51.8 Å². The first-order valence-electron chi connectivity index (χ1n) is 9.78. The molecule has 0 unspecified atom stereocenters. The highest BCUT2D eigenvalue weighted by Crippen LogP contribution is 2.30. The topological polar surface area (TPSA) is 91.7 Å². The van der Waals surface area contributed by atoms with Gasteiger partial charge in [0.05, 0.1) is 21.1 Å². The zero-order valence-electron chi connectivity index (χ0n) is 16.3. The highest BCUT2D eigenvalue weighted by Gasteiger charge is 2.35. The van der Waals surface area contributed by atoms with E-state index in [0.717, 1.165) is 33.8 Å². The van der Waals surface area contributed by atoms with Crippen molar-refractivity contribution in [2.24, 2.45) is 10.3 Å². The molecule has 0 spiro atoms. The number of aromatic nitrogens is 1. The molecule has 1 N–H and O–H groups in total. The fourth-order valence-corrected chi connectivity index (χ4v) is 6.16. The molecule has 0 saturated carbocycles. The molecule has 5 rings (SSSR count). The molecule has 7 nitrogen and oxygen atoms in total. The molecule has 1 amide bonds. The lowest BCUT2D eigenvalue weighted by molar-refractivity contribution is -0.121. The second-order valence-corrected chi connectivity index (χ2v) is 10.4. The Balaban J connectivity index is 1.34. The Morgan fingerprint density at radius 2 is 2.07 bits per heavy atom. The molecule has 1 fully saturated rings. The molecule has 2 aliphatic rings. The maximum atomic E-state index is 12.9. The van der Waals surface area contributed by atoms with Gasteiger partial charge in [-0.3, -0.25) is 4.79 Å². The van der Waals surface area contributed by atoms with Crippen LogP contribution in [0, 0.1) is 12.8 Å². The van der Waals surface area contributed by atoms with Gasteiger partial charge in [0.25, 0.3) is 10.0 Å². The molecule has 154 valence electrons. The van der Waals surface area contributed by atoms with Gasteiger partial charge in [-0.2, -0.15) is 8.42 Å². The average molecular weight is 441 g/mol. The minimum absolute atomic E-state index is 0.0602. The SMILES string of the molecule is Cc1nc2ccc(NC(=O)[C@H]3CCCN(C4=NS(=O)(=O)c5ccccc54)C3)cc2s1. The van der Waals surface area contributed by atoms with E-state index in [1.54, 1.807) is 35.6 Å². The molecule has 0 bridgehead atoms. The van der Waals surface area contributed by atoms with Crippen LogP contribution >= 0.6 is 11.3 Å². The highest BCUT2D eigenvalue weighted by molar-refractivity contribution is 7.90. The van der Waals surface area contributed by atoms with Crippen molar-refractivity contribution in [3.63, 3.8) is 0 Å². The van der Waals surface area contributed by atoms with E-state index in [2.05, 4.69) is 14.7 Å². The first kappa shape index (κ1) is 19.2. The fourth-order valence-electron chi connectivity index (χ4n) is 4.06. The molecule has 2 aromatic carbocycles. The largest absolute Gasteiger partial charge is 0.355 e. The van der Waals surface area contributed by atoms with Gasteiger partial charge in [0.1, 0.15) is 4.90 Å². The predicted molar refractivity (Wildman–Crippen MR) is 117 cm³/mol. The van der Waals surface area contributed by atoms with Gasteiger partial charge >= 0.3 is 0 Å². The van der Waals surface area contributed by atoms with Gasteiger partial charge in [-0.05, 0) is 50.1 Å². The zero-order chi connectivity index (χ0) is 20.9. The summed E-state index contributed by atoms with van der Waals surface area (Å²) < 4.78 is 29.8. The van der Waals surface area contributed by atoms with Crippen LogP contribution in [0.3, 0.4) is 0 Å². The lowest BCUT2D eigenvalue weighted by Crippen LogP contribution is -2.43. The predicted octanol–water partition coefficient (Wildman–Crippen LogP) is 3.40. The summed E-state index contributed by atoms with van der Waals surface area (Å²) >= 11 is 1.60. The molecule has 1 aromatic heterocycles. The number of carbonyl (C=O) groups is 1. The number of hydrogen-bond acceptors (Lipinski definition) is 6. The number of nitrogens with zero attached hydrogens (tertiary/aromatic N) is 3. The van der Waals surface area contributed by atoms with Crippen LogP contribution < -0.4 is 5.32 Å². The molecule has 1 atom stereocenters. The van der Waals surface area contributed by atoms with Crippen molar-refractivity contribution >= 4 is 49.0 Å². The minimum Gasteiger partial charge on any atom is -0.355 e. The number of sulfonamides is 1. The van der Waals surface area contributed by atoms with E-state index in [0.29, 0.717) is 24.5 Å². The summed E-state index contributed by atoms with van der Waals surface area (Å²) in [6.07, 6.45) is 1.55. The molecular weight excluding hydrogens is 420 g/mol. The van der Waals surface area contributed by atoms with E-state index in [1.165, 1.54) is 0 Å². The van der Waals surface area contributed by atoms with Crippen LogP contribution in [0.1, 0.15) is 23.4 Å². The summed E-state index contributed by atoms with van der Waals surface area (Å²) in [5, 5.41) is 4.00. The van der Waals surface area contributed by atoms with Crippen LogP contribution in [0.2, 0.25) is 0 Å². The maximum absolute atomic E-state index is 12.9. The third-order valence-corrected chi connectivity index (χ3v) is 7.73. The van der Waals surface area contributed by atoms with Crippen LogP contribution in [-0.4, -0.2) is 43.1 Å². The summed E-state index contributed by atoms with van der Waals surface area (Å²) in [4.78, 5) is 19.5. The molecular formula is C21H20N4O3S2. The van der Waals surface area contributed by atoms with Gasteiger partial charge in [0.15, 0.2) is 5.84 Å². The van der Waals surface area contributed by atoms with Crippen molar-refractivity contribution < 1.29 is 13.2 Å². The number of fused-ring (bicyclic) bond motifs is 2. The Hall–Kier alpha value is -2.78. The third-order valence-electron chi connectivity index (χ3n) is 5.47. The van der Waals surface area contributed by atoms with Gasteiger partial charge in [0, 0.05) is 24.3 Å². The number of anilines is 1. The quantitative estimate of drug-likeness (QED) is 0.659. The zero-order valence-corrected chi connectivity index (χ0v) is 18.0. The molecule has 2 aliphatic heterocycles. The Labute approximate surface area is 178 Å². The number of amidine groups is 1. The summed E-state index contributed by atoms with van der Waals surface area (Å²) in [6, 6.07) is 12.6. The number of likely N-dealkylation sites (tertiary alicyclic amines) is 1. The maximum Gasteiger partial charge on any atom is 0.285 e. The van der Waals surface area contributed by atoms with E-state index in [9.17, 15) is 13.2 Å². The van der Waals surface area contributed by atoms with Gasteiger partial charge in [-0.15, -0.1) is 15.7 Å². The minimum atomic E-state index is -3.67. The van der Waals surface area contributed by atoms with Gasteiger partial charge in [-0.1, -0.05) is 12.1 Å². The highest BCUT2D eigenvalue weighted by atomic mass is 32.2. The second kappa shape index (κ2) is 7.17. The van der Waals surface area contributed by atoms with Gasteiger partial charge in [0.2, 0.25) is 5.91 Å². The lowest BCUT2D eigenvalue weighted by Gasteiger charge is -2.33. The first-order chi connectivity index (χ1) is 14.4. The number of aryl methyl sites for hydroxylation is 1. The molecule has 1 saturated heterocycles. The summed E-state index contributed by atoms with van der Waals surface area (Å²) in [6.45, 7) is 3.08. The van der Waals surface area contributed by atoms with Gasteiger partial charge in [-0.25, -0.2) is 4.98 Å². The third kappa shape index (κ3) is 3.37. The van der Waals surface area contributed by atoms with E-state index >= 15 is 0 Å². The fraction of sp³-hybridized carbons (Fsp3) is 0.286. The number of benzene rings is 2. The number of thiazole rings is 1. The van der Waals surface area contributed by atoms with Crippen molar-refractivity contribution in [2.45, 2.75) is 24.7 Å². The van der Waals surface area contributed by atoms with Crippen LogP contribution in [0.25, 0.3) is 10.2 Å². The Morgan fingerprint density at radius 1 is 1.23 bits per heavy atom. The average Bonchev–Trinajstić information content (AvgIpc) is 3.24. The molecule has 9 heteroatoms. The Kier molecular flexibility index (Phi) is 4.59. The van der Waals surface area contributed by atoms with Gasteiger partial charge < -0.3 is 10.2 Å². The van der Waals surface area contributed by atoms with Crippen LogP contribution in [0.4, 0.5) is 5.69 Å². The number of nitrogens with one attached hydrogen (secondary N) is 1. The van der Waals surface area contributed by atoms with Crippen molar-refractivity contribution in [1.82, 2.24) is 9.88 Å². The lowest BCUT2D eigenvalue weighted by atomic mass is 9.96.